The molecule has 2 atom stereocenters. The average molecular weight is 283 g/mol. The average Bonchev–Trinajstić information content (AvgIpc) is 2.41. The Morgan fingerprint density at radius 1 is 1.60 bits per heavy atom. The monoisotopic (exact) mass is 283 g/mol. The molecule has 1 aliphatic heterocycles. The van der Waals surface area contributed by atoms with Crippen LogP contribution in [0.25, 0.3) is 0 Å². The van der Waals surface area contributed by atoms with Gasteiger partial charge in [-0.15, -0.1) is 0 Å². The molecule has 2 unspecified atom stereocenters. The number of anilines is 1. The SMILES string of the molecule is Cc1cc(N2CCOC(C(C)N)C2)c([N+](=O)[O-])cc1F. The molecule has 0 amide bonds. The van der Waals surface area contributed by atoms with Gasteiger partial charge in [0, 0.05) is 19.1 Å². The van der Waals surface area contributed by atoms with Crippen LogP contribution >= 0.6 is 0 Å². The van der Waals surface area contributed by atoms with Gasteiger partial charge in [0.15, 0.2) is 0 Å². The summed E-state index contributed by atoms with van der Waals surface area (Å²) in [7, 11) is 0. The van der Waals surface area contributed by atoms with Crippen molar-refractivity contribution in [3.63, 3.8) is 0 Å². The van der Waals surface area contributed by atoms with Crippen molar-refractivity contribution in [1.29, 1.82) is 0 Å². The summed E-state index contributed by atoms with van der Waals surface area (Å²) in [6.07, 6.45) is -0.186. The van der Waals surface area contributed by atoms with E-state index in [9.17, 15) is 14.5 Å². The lowest BCUT2D eigenvalue weighted by atomic mass is 10.1. The number of nitro groups is 1. The molecule has 1 aromatic rings. The Morgan fingerprint density at radius 2 is 2.30 bits per heavy atom. The van der Waals surface area contributed by atoms with Gasteiger partial charge in [-0.1, -0.05) is 0 Å². The van der Waals surface area contributed by atoms with E-state index >= 15 is 0 Å². The van der Waals surface area contributed by atoms with Gasteiger partial charge in [-0.05, 0) is 25.5 Å². The summed E-state index contributed by atoms with van der Waals surface area (Å²) in [5, 5.41) is 11.1. The molecule has 110 valence electrons. The van der Waals surface area contributed by atoms with Crippen molar-refractivity contribution in [3.8, 4) is 0 Å². The Kier molecular flexibility index (Phi) is 4.20. The molecule has 6 nitrogen and oxygen atoms in total. The molecule has 1 aliphatic rings. The fourth-order valence-electron chi connectivity index (χ4n) is 2.27. The molecule has 7 heteroatoms. The Balaban J connectivity index is 2.36. The first-order valence-electron chi connectivity index (χ1n) is 6.47. The molecule has 1 fully saturated rings. The van der Waals surface area contributed by atoms with E-state index in [4.69, 9.17) is 10.5 Å². The molecule has 0 aliphatic carbocycles. The molecule has 1 aromatic carbocycles. The van der Waals surface area contributed by atoms with E-state index in [1.165, 1.54) is 6.07 Å². The van der Waals surface area contributed by atoms with Gasteiger partial charge in [-0.3, -0.25) is 10.1 Å². The van der Waals surface area contributed by atoms with Crippen LogP contribution in [0, 0.1) is 22.9 Å². The molecule has 0 aromatic heterocycles. The van der Waals surface area contributed by atoms with E-state index in [1.807, 2.05) is 11.8 Å². The second-order valence-electron chi connectivity index (χ2n) is 5.06. The van der Waals surface area contributed by atoms with Gasteiger partial charge < -0.3 is 15.4 Å². The molecule has 1 saturated heterocycles. The van der Waals surface area contributed by atoms with E-state index in [2.05, 4.69) is 0 Å². The molecule has 2 N–H and O–H groups in total. The summed E-state index contributed by atoms with van der Waals surface area (Å²) >= 11 is 0. The normalized spacial score (nSPS) is 20.8. The highest BCUT2D eigenvalue weighted by molar-refractivity contribution is 5.65. The zero-order chi connectivity index (χ0) is 14.9. The maximum absolute atomic E-state index is 13.5. The maximum Gasteiger partial charge on any atom is 0.295 e. The number of nitrogens with zero attached hydrogens (tertiary/aromatic N) is 2. The molecule has 0 spiro atoms. The number of rotatable bonds is 3. The third kappa shape index (κ3) is 2.88. The van der Waals surface area contributed by atoms with Crippen LogP contribution in [0.4, 0.5) is 15.8 Å². The largest absolute Gasteiger partial charge is 0.373 e. The minimum absolute atomic E-state index is 0.168. The van der Waals surface area contributed by atoms with Gasteiger partial charge in [0.1, 0.15) is 11.5 Å². The number of hydrogen-bond donors (Lipinski definition) is 1. The number of nitrogens with two attached hydrogens (primary N) is 1. The Hall–Kier alpha value is -1.73. The lowest BCUT2D eigenvalue weighted by molar-refractivity contribution is -0.384. The first-order chi connectivity index (χ1) is 9.40. The van der Waals surface area contributed by atoms with Gasteiger partial charge in [-0.25, -0.2) is 4.39 Å². The van der Waals surface area contributed by atoms with Crippen molar-refractivity contribution in [3.05, 3.63) is 33.6 Å². The number of morpholine rings is 1. The minimum atomic E-state index is -0.572. The summed E-state index contributed by atoms with van der Waals surface area (Å²) in [5.41, 5.74) is 6.39. The molecule has 2 rings (SSSR count). The summed E-state index contributed by atoms with van der Waals surface area (Å²) in [6.45, 7) is 4.85. The highest BCUT2D eigenvalue weighted by Gasteiger charge is 2.28. The zero-order valence-corrected chi connectivity index (χ0v) is 11.5. The molecule has 0 radical (unpaired) electrons. The highest BCUT2D eigenvalue weighted by Crippen LogP contribution is 2.32. The third-order valence-electron chi connectivity index (χ3n) is 3.47. The molecular weight excluding hydrogens is 265 g/mol. The van der Waals surface area contributed by atoms with E-state index in [0.29, 0.717) is 30.9 Å². The summed E-state index contributed by atoms with van der Waals surface area (Å²) in [6, 6.07) is 2.32. The quantitative estimate of drug-likeness (QED) is 0.673. The van der Waals surface area contributed by atoms with Crippen molar-refractivity contribution in [2.24, 2.45) is 5.73 Å². The van der Waals surface area contributed by atoms with Crippen molar-refractivity contribution in [2.75, 3.05) is 24.6 Å². The van der Waals surface area contributed by atoms with Crippen LogP contribution in [-0.2, 0) is 4.74 Å². The number of ether oxygens (including phenoxy) is 1. The van der Waals surface area contributed by atoms with Crippen LogP contribution in [-0.4, -0.2) is 36.8 Å². The predicted molar refractivity (Wildman–Crippen MR) is 73.4 cm³/mol. The fraction of sp³-hybridized carbons (Fsp3) is 0.538. The standard InChI is InChI=1S/C13H18FN3O3/c1-8-5-11(12(17(18)19)6-10(8)14)16-3-4-20-13(7-16)9(2)15/h5-6,9,13H,3-4,7,15H2,1-2H3. The minimum Gasteiger partial charge on any atom is -0.373 e. The molecule has 0 bridgehead atoms. The van der Waals surface area contributed by atoms with Crippen LogP contribution in [0.15, 0.2) is 12.1 Å². The van der Waals surface area contributed by atoms with Crippen molar-refractivity contribution in [1.82, 2.24) is 0 Å². The van der Waals surface area contributed by atoms with Crippen molar-refractivity contribution >= 4 is 11.4 Å². The van der Waals surface area contributed by atoms with Crippen LogP contribution in [0.3, 0.4) is 0 Å². The Labute approximate surface area is 116 Å². The maximum atomic E-state index is 13.5. The van der Waals surface area contributed by atoms with E-state index in [-0.39, 0.29) is 17.8 Å². The first kappa shape index (κ1) is 14.7. The number of halogens is 1. The number of hydrogen-bond acceptors (Lipinski definition) is 5. The lowest BCUT2D eigenvalue weighted by Gasteiger charge is -2.36. The molecular formula is C13H18FN3O3. The van der Waals surface area contributed by atoms with Gasteiger partial charge in [0.05, 0.1) is 23.7 Å². The summed E-state index contributed by atoms with van der Waals surface area (Å²) < 4.78 is 19.1. The van der Waals surface area contributed by atoms with E-state index in [1.54, 1.807) is 6.92 Å². The molecule has 20 heavy (non-hydrogen) atoms. The van der Waals surface area contributed by atoms with Crippen LogP contribution < -0.4 is 10.6 Å². The van der Waals surface area contributed by atoms with E-state index in [0.717, 1.165) is 6.07 Å². The summed E-state index contributed by atoms with van der Waals surface area (Å²) in [4.78, 5) is 12.4. The van der Waals surface area contributed by atoms with Gasteiger partial charge in [-0.2, -0.15) is 0 Å². The van der Waals surface area contributed by atoms with Crippen molar-refractivity contribution < 1.29 is 14.1 Å². The van der Waals surface area contributed by atoms with Crippen molar-refractivity contribution in [2.45, 2.75) is 26.0 Å². The Morgan fingerprint density at radius 3 is 2.90 bits per heavy atom. The molecule has 1 heterocycles. The lowest BCUT2D eigenvalue weighted by Crippen LogP contribution is -2.49. The second-order valence-corrected chi connectivity index (χ2v) is 5.06. The fourth-order valence-corrected chi connectivity index (χ4v) is 2.27. The smallest absolute Gasteiger partial charge is 0.295 e. The zero-order valence-electron chi connectivity index (χ0n) is 11.5. The number of nitro benzene ring substituents is 1. The van der Waals surface area contributed by atoms with Gasteiger partial charge in [0.2, 0.25) is 0 Å². The van der Waals surface area contributed by atoms with Crippen LogP contribution in [0.5, 0.6) is 0 Å². The highest BCUT2D eigenvalue weighted by atomic mass is 19.1. The molecule has 0 saturated carbocycles. The Bertz CT molecular complexity index is 522. The topological polar surface area (TPSA) is 81.6 Å². The predicted octanol–water partition coefficient (Wildman–Crippen LogP) is 1.59. The van der Waals surface area contributed by atoms with Crippen LogP contribution in [0.1, 0.15) is 12.5 Å². The van der Waals surface area contributed by atoms with Gasteiger partial charge >= 0.3 is 0 Å². The van der Waals surface area contributed by atoms with E-state index < -0.39 is 10.7 Å². The first-order valence-corrected chi connectivity index (χ1v) is 6.47. The van der Waals surface area contributed by atoms with Crippen LogP contribution in [0.2, 0.25) is 0 Å². The second kappa shape index (κ2) is 5.72. The third-order valence-corrected chi connectivity index (χ3v) is 3.47. The summed E-state index contributed by atoms with van der Waals surface area (Å²) in [5.74, 6) is -0.572. The number of aryl methyl sites for hydroxylation is 1. The number of benzene rings is 1. The van der Waals surface area contributed by atoms with Gasteiger partial charge in [0.25, 0.3) is 5.69 Å².